The van der Waals surface area contributed by atoms with Gasteiger partial charge in [-0.25, -0.2) is 12.8 Å². The molecule has 2 atom stereocenters. The van der Waals surface area contributed by atoms with Crippen LogP contribution in [0.25, 0.3) is 11.0 Å². The molecule has 0 spiro atoms. The summed E-state index contributed by atoms with van der Waals surface area (Å²) >= 11 is 0. The minimum Gasteiger partial charge on any atom is -0.390 e. The highest BCUT2D eigenvalue weighted by Crippen LogP contribution is 2.27. The van der Waals surface area contributed by atoms with Crippen molar-refractivity contribution in [2.24, 2.45) is 11.8 Å². The number of fused-ring (bicyclic) bond motifs is 1. The molecule has 154 valence electrons. The van der Waals surface area contributed by atoms with Crippen molar-refractivity contribution in [3.05, 3.63) is 53.8 Å². The Labute approximate surface area is 169 Å². The second-order valence-corrected chi connectivity index (χ2v) is 9.68. The second kappa shape index (κ2) is 7.72. The molecule has 0 radical (unpaired) electrons. The highest BCUT2D eigenvalue weighted by molar-refractivity contribution is 7.89. The van der Waals surface area contributed by atoms with Gasteiger partial charge in [-0.3, -0.25) is 0 Å². The lowest BCUT2D eigenvalue weighted by Gasteiger charge is -2.34. The third-order valence-electron chi connectivity index (χ3n) is 5.16. The molecule has 1 fully saturated rings. The van der Waals surface area contributed by atoms with Crippen LogP contribution in [0, 0.1) is 17.7 Å². The fourth-order valence-corrected chi connectivity index (χ4v) is 5.53. The number of halogens is 1. The summed E-state index contributed by atoms with van der Waals surface area (Å²) < 4.78 is 41.7. The zero-order valence-electron chi connectivity index (χ0n) is 16.3. The first kappa shape index (κ1) is 19.8. The van der Waals surface area contributed by atoms with E-state index in [1.165, 1.54) is 18.2 Å². The van der Waals surface area contributed by atoms with Gasteiger partial charge >= 0.3 is 0 Å². The van der Waals surface area contributed by atoms with Crippen molar-refractivity contribution < 1.29 is 17.6 Å². The van der Waals surface area contributed by atoms with Gasteiger partial charge in [-0.2, -0.15) is 4.31 Å². The summed E-state index contributed by atoms with van der Waals surface area (Å²) in [6, 6.07) is 10.9. The first-order valence-corrected chi connectivity index (χ1v) is 11.0. The molecule has 9 heteroatoms. The standard InChI is InChI=1S/C20H23FN4O3S/c1-14-9-15(2)12-24(11-14)29(26,27)17-7-8-19-20(10-17)25(23-22-19)28-13-16-5-3-4-6-18(16)21/h3-8,10,14-15H,9,11-13H2,1-2H3/t14-,15-/m0/s1. The zero-order valence-corrected chi connectivity index (χ0v) is 17.1. The fraction of sp³-hybridized carbons (Fsp3) is 0.400. The summed E-state index contributed by atoms with van der Waals surface area (Å²) in [5, 5.41) is 7.91. The monoisotopic (exact) mass is 418 g/mol. The molecule has 0 unspecified atom stereocenters. The van der Waals surface area contributed by atoms with E-state index in [2.05, 4.69) is 24.2 Å². The topological polar surface area (TPSA) is 77.3 Å². The molecule has 0 N–H and O–H groups in total. The average molecular weight is 418 g/mol. The zero-order chi connectivity index (χ0) is 20.6. The number of piperidine rings is 1. The summed E-state index contributed by atoms with van der Waals surface area (Å²) in [4.78, 5) is 6.88. The highest BCUT2D eigenvalue weighted by Gasteiger charge is 2.32. The van der Waals surface area contributed by atoms with E-state index < -0.39 is 10.0 Å². The average Bonchev–Trinajstić information content (AvgIpc) is 3.09. The molecule has 4 rings (SSSR count). The lowest BCUT2D eigenvalue weighted by atomic mass is 9.94. The van der Waals surface area contributed by atoms with Gasteiger partial charge in [-0.15, -0.1) is 5.10 Å². The number of nitrogens with zero attached hydrogens (tertiary/aromatic N) is 4. The maximum atomic E-state index is 13.8. The number of hydrogen-bond acceptors (Lipinski definition) is 5. The van der Waals surface area contributed by atoms with Crippen LogP contribution in [-0.2, 0) is 16.6 Å². The van der Waals surface area contributed by atoms with Crippen molar-refractivity contribution in [3.8, 4) is 0 Å². The molecule has 2 aromatic carbocycles. The lowest BCUT2D eigenvalue weighted by Crippen LogP contribution is -2.42. The van der Waals surface area contributed by atoms with Crippen molar-refractivity contribution in [2.75, 3.05) is 13.1 Å². The summed E-state index contributed by atoms with van der Waals surface area (Å²) in [7, 11) is -3.64. The first-order valence-electron chi connectivity index (χ1n) is 9.57. The molecule has 2 heterocycles. The smallest absolute Gasteiger partial charge is 0.243 e. The molecule has 3 aromatic rings. The number of rotatable bonds is 5. The Bertz CT molecular complexity index is 1120. The molecule has 0 saturated carbocycles. The predicted octanol–water partition coefficient (Wildman–Crippen LogP) is 2.87. The van der Waals surface area contributed by atoms with Gasteiger partial charge in [0.15, 0.2) is 0 Å². The second-order valence-electron chi connectivity index (χ2n) is 7.75. The van der Waals surface area contributed by atoms with Crippen LogP contribution in [0.1, 0.15) is 25.8 Å². The molecule has 7 nitrogen and oxygen atoms in total. The number of aromatic nitrogens is 3. The SMILES string of the molecule is C[C@H]1C[C@H](C)CN(S(=O)(=O)c2ccc3nnn(OCc4ccccc4F)c3c2)C1. The fourth-order valence-electron chi connectivity index (χ4n) is 3.83. The van der Waals surface area contributed by atoms with Gasteiger partial charge in [0.1, 0.15) is 23.5 Å². The van der Waals surface area contributed by atoms with E-state index in [1.807, 2.05) is 0 Å². The number of sulfonamides is 1. The first-order chi connectivity index (χ1) is 13.8. The van der Waals surface area contributed by atoms with E-state index in [9.17, 15) is 12.8 Å². The van der Waals surface area contributed by atoms with Crippen LogP contribution in [0.15, 0.2) is 47.4 Å². The predicted molar refractivity (Wildman–Crippen MR) is 106 cm³/mol. The lowest BCUT2D eigenvalue weighted by molar-refractivity contribution is 0.0733. The third kappa shape index (κ3) is 3.97. The molecular weight excluding hydrogens is 395 g/mol. The summed E-state index contributed by atoms with van der Waals surface area (Å²) in [5.41, 5.74) is 1.29. The van der Waals surface area contributed by atoms with Gasteiger partial charge in [0, 0.05) is 18.7 Å². The minimum absolute atomic E-state index is 0.0523. The van der Waals surface area contributed by atoms with E-state index in [-0.39, 0.29) is 17.3 Å². The Kier molecular flexibility index (Phi) is 5.26. The summed E-state index contributed by atoms with van der Waals surface area (Å²) in [5.74, 6) is 0.246. The molecule has 0 amide bonds. The molecular formula is C20H23FN4O3S. The van der Waals surface area contributed by atoms with Crippen LogP contribution < -0.4 is 4.84 Å². The Morgan fingerprint density at radius 1 is 1.14 bits per heavy atom. The molecule has 29 heavy (non-hydrogen) atoms. The van der Waals surface area contributed by atoms with Crippen LogP contribution in [-0.4, -0.2) is 41.0 Å². The Morgan fingerprint density at radius 3 is 2.59 bits per heavy atom. The van der Waals surface area contributed by atoms with Gasteiger partial charge in [0.25, 0.3) is 0 Å². The van der Waals surface area contributed by atoms with Crippen molar-refractivity contribution in [2.45, 2.75) is 31.8 Å². The van der Waals surface area contributed by atoms with E-state index >= 15 is 0 Å². The molecule has 1 aromatic heterocycles. The minimum atomic E-state index is -3.64. The highest BCUT2D eigenvalue weighted by atomic mass is 32.2. The van der Waals surface area contributed by atoms with E-state index in [1.54, 1.807) is 28.6 Å². The third-order valence-corrected chi connectivity index (χ3v) is 6.99. The van der Waals surface area contributed by atoms with Crippen molar-refractivity contribution >= 4 is 21.1 Å². The quantitative estimate of drug-likeness (QED) is 0.637. The van der Waals surface area contributed by atoms with Gasteiger partial charge in [-0.05, 0) is 47.7 Å². The molecule has 1 aliphatic heterocycles. The van der Waals surface area contributed by atoms with Crippen LogP contribution in [0.4, 0.5) is 4.39 Å². The summed E-state index contributed by atoms with van der Waals surface area (Å²) in [6.45, 7) is 5.09. The number of hydrogen-bond donors (Lipinski definition) is 0. The Morgan fingerprint density at radius 2 is 1.86 bits per heavy atom. The van der Waals surface area contributed by atoms with E-state index in [0.717, 1.165) is 11.3 Å². The van der Waals surface area contributed by atoms with Crippen molar-refractivity contribution in [1.29, 1.82) is 0 Å². The molecule has 1 saturated heterocycles. The van der Waals surface area contributed by atoms with Crippen molar-refractivity contribution in [1.82, 2.24) is 19.5 Å². The maximum absolute atomic E-state index is 13.8. The molecule has 0 bridgehead atoms. The maximum Gasteiger partial charge on any atom is 0.243 e. The largest absolute Gasteiger partial charge is 0.390 e. The van der Waals surface area contributed by atoms with Crippen molar-refractivity contribution in [3.63, 3.8) is 0 Å². The molecule has 0 aliphatic carbocycles. The van der Waals surface area contributed by atoms with Gasteiger partial charge in [0.2, 0.25) is 10.0 Å². The van der Waals surface area contributed by atoms with E-state index in [0.29, 0.717) is 41.5 Å². The summed E-state index contributed by atoms with van der Waals surface area (Å²) in [6.07, 6.45) is 1.02. The van der Waals surface area contributed by atoms with Crippen LogP contribution >= 0.6 is 0 Å². The Balaban J connectivity index is 1.62. The van der Waals surface area contributed by atoms with Crippen LogP contribution in [0.2, 0.25) is 0 Å². The van der Waals surface area contributed by atoms with Gasteiger partial charge in [-0.1, -0.05) is 36.9 Å². The van der Waals surface area contributed by atoms with Gasteiger partial charge in [0.05, 0.1) is 4.90 Å². The molecule has 1 aliphatic rings. The normalized spacial score (nSPS) is 20.8. The van der Waals surface area contributed by atoms with Crippen LogP contribution in [0.5, 0.6) is 0 Å². The van der Waals surface area contributed by atoms with E-state index in [4.69, 9.17) is 4.84 Å². The Hall–Kier alpha value is -2.52. The van der Waals surface area contributed by atoms with Crippen LogP contribution in [0.3, 0.4) is 0 Å². The van der Waals surface area contributed by atoms with Gasteiger partial charge < -0.3 is 4.84 Å². The number of benzene rings is 2.